The fourth-order valence-corrected chi connectivity index (χ4v) is 8.60. The Morgan fingerprint density at radius 3 is 2.43 bits per heavy atom. The number of nitrogens with one attached hydrogen (secondary N) is 1. The summed E-state index contributed by atoms with van der Waals surface area (Å²) in [4.78, 5) is 0. The molecule has 1 fully saturated rings. The predicted molar refractivity (Wildman–Crippen MR) is 67.8 cm³/mol. The van der Waals surface area contributed by atoms with Crippen LogP contribution < -0.4 is 5.32 Å². The molecule has 0 aromatic heterocycles. The Kier molecular flexibility index (Phi) is 3.97. The Bertz CT molecular complexity index is 195. The lowest BCUT2D eigenvalue weighted by Gasteiger charge is -2.45. The molecule has 1 rings (SSSR count). The minimum absolute atomic E-state index is 0.497. The van der Waals surface area contributed by atoms with Crippen molar-refractivity contribution in [3.8, 4) is 0 Å². The Hall–Kier alpha value is 0.354. The molecule has 0 amide bonds. The lowest BCUT2D eigenvalue weighted by molar-refractivity contribution is 0.183. The Balaban J connectivity index is 2.50. The first-order chi connectivity index (χ1) is 6.39. The standard InChI is InChI=1S/C10H25NOSi2/c1-6-11-9-10-7-8-13(2,3)14(4,5)12-10/h10-11H,6-9H2,1-5H3. The summed E-state index contributed by atoms with van der Waals surface area (Å²) in [5, 5.41) is 3.40. The van der Waals surface area contributed by atoms with Crippen LogP contribution in [0.2, 0.25) is 32.2 Å². The molecule has 0 aromatic rings. The number of hydrogen-bond donors (Lipinski definition) is 1. The zero-order chi connectivity index (χ0) is 10.8. The zero-order valence-electron chi connectivity index (χ0n) is 10.3. The average Bonchev–Trinajstić information content (AvgIpc) is 2.07. The van der Waals surface area contributed by atoms with Crippen LogP contribution in [0.3, 0.4) is 0 Å². The highest BCUT2D eigenvalue weighted by Crippen LogP contribution is 2.33. The molecule has 1 atom stereocenters. The number of likely N-dealkylation sites (N-methyl/N-ethyl adjacent to an activating group) is 1. The lowest BCUT2D eigenvalue weighted by Crippen LogP contribution is -2.62. The molecule has 0 radical (unpaired) electrons. The molecular formula is C10H25NOSi2. The van der Waals surface area contributed by atoms with Crippen LogP contribution in [0.4, 0.5) is 0 Å². The van der Waals surface area contributed by atoms with Gasteiger partial charge in [0.1, 0.15) is 0 Å². The second-order valence-corrected chi connectivity index (χ2v) is 20.7. The molecule has 0 saturated carbocycles. The first kappa shape index (κ1) is 12.4. The third-order valence-electron chi connectivity index (χ3n) is 3.80. The first-order valence-electron chi connectivity index (χ1n) is 5.77. The summed E-state index contributed by atoms with van der Waals surface area (Å²) in [5.41, 5.74) is 0. The van der Waals surface area contributed by atoms with Crippen LogP contribution in [0.25, 0.3) is 0 Å². The zero-order valence-corrected chi connectivity index (χ0v) is 12.3. The fraction of sp³-hybridized carbons (Fsp3) is 1.00. The normalized spacial score (nSPS) is 30.2. The van der Waals surface area contributed by atoms with Crippen LogP contribution in [0.5, 0.6) is 0 Å². The summed E-state index contributed by atoms with van der Waals surface area (Å²) in [6, 6.07) is 1.46. The maximum atomic E-state index is 6.33. The largest absolute Gasteiger partial charge is 0.416 e. The van der Waals surface area contributed by atoms with Crippen molar-refractivity contribution < 1.29 is 4.43 Å². The minimum atomic E-state index is -1.33. The molecule has 0 aliphatic carbocycles. The van der Waals surface area contributed by atoms with Gasteiger partial charge in [0, 0.05) is 6.54 Å². The first-order valence-corrected chi connectivity index (χ1v) is 12.9. The van der Waals surface area contributed by atoms with Gasteiger partial charge in [0.2, 0.25) is 0 Å². The van der Waals surface area contributed by atoms with E-state index in [-0.39, 0.29) is 0 Å². The van der Waals surface area contributed by atoms with E-state index in [0.29, 0.717) is 6.10 Å². The summed E-state index contributed by atoms with van der Waals surface area (Å²) in [7, 11) is -2.34. The van der Waals surface area contributed by atoms with Crippen molar-refractivity contribution in [2.45, 2.75) is 51.7 Å². The van der Waals surface area contributed by atoms with Gasteiger partial charge in [0.25, 0.3) is 0 Å². The van der Waals surface area contributed by atoms with Crippen LogP contribution in [0.15, 0.2) is 0 Å². The SMILES string of the molecule is CCNCC1CC[Si](C)(C)[Si](C)(C)O1. The summed E-state index contributed by atoms with van der Waals surface area (Å²) < 4.78 is 6.33. The summed E-state index contributed by atoms with van der Waals surface area (Å²) in [6.45, 7) is 14.1. The van der Waals surface area contributed by atoms with Gasteiger partial charge in [-0.25, -0.2) is 0 Å². The van der Waals surface area contributed by atoms with Gasteiger partial charge in [-0.05, 0) is 26.1 Å². The summed E-state index contributed by atoms with van der Waals surface area (Å²) >= 11 is 0. The molecule has 1 saturated heterocycles. The van der Waals surface area contributed by atoms with Crippen molar-refractivity contribution in [1.82, 2.24) is 5.32 Å². The van der Waals surface area contributed by atoms with Crippen molar-refractivity contribution in [1.29, 1.82) is 0 Å². The predicted octanol–water partition coefficient (Wildman–Crippen LogP) is 2.38. The molecule has 14 heavy (non-hydrogen) atoms. The smallest absolute Gasteiger partial charge is 0.174 e. The van der Waals surface area contributed by atoms with Gasteiger partial charge in [-0.15, -0.1) is 0 Å². The Morgan fingerprint density at radius 2 is 1.93 bits per heavy atom. The molecule has 2 nitrogen and oxygen atoms in total. The second-order valence-electron chi connectivity index (χ2n) is 5.48. The highest BCUT2D eigenvalue weighted by atomic mass is 29.3. The van der Waals surface area contributed by atoms with E-state index in [1.807, 2.05) is 0 Å². The molecule has 1 aliphatic heterocycles. The van der Waals surface area contributed by atoms with Crippen LogP contribution in [0, 0.1) is 0 Å². The van der Waals surface area contributed by atoms with Gasteiger partial charge in [-0.1, -0.05) is 26.1 Å². The second kappa shape index (κ2) is 4.47. The summed E-state index contributed by atoms with van der Waals surface area (Å²) in [5.74, 6) is 0. The van der Waals surface area contributed by atoms with Gasteiger partial charge in [0.05, 0.1) is 13.7 Å². The molecule has 0 spiro atoms. The highest BCUT2D eigenvalue weighted by molar-refractivity contribution is 7.38. The average molecular weight is 231 g/mol. The molecule has 84 valence electrons. The maximum absolute atomic E-state index is 6.33. The molecule has 1 heterocycles. The topological polar surface area (TPSA) is 21.3 Å². The van der Waals surface area contributed by atoms with Crippen molar-refractivity contribution in [2.75, 3.05) is 13.1 Å². The van der Waals surface area contributed by atoms with Gasteiger partial charge in [0.15, 0.2) is 7.83 Å². The van der Waals surface area contributed by atoms with E-state index in [1.165, 1.54) is 12.5 Å². The number of rotatable bonds is 3. The van der Waals surface area contributed by atoms with E-state index in [1.54, 1.807) is 0 Å². The van der Waals surface area contributed by atoms with Crippen molar-refractivity contribution >= 4 is 15.4 Å². The van der Waals surface area contributed by atoms with Gasteiger partial charge in [-0.3, -0.25) is 0 Å². The van der Waals surface area contributed by atoms with Crippen LogP contribution in [-0.4, -0.2) is 34.6 Å². The van der Waals surface area contributed by atoms with E-state index in [2.05, 4.69) is 38.4 Å². The molecule has 1 aliphatic rings. The van der Waals surface area contributed by atoms with Crippen molar-refractivity contribution in [3.05, 3.63) is 0 Å². The quantitative estimate of drug-likeness (QED) is 0.753. The molecule has 1 unspecified atom stereocenters. The molecule has 0 bridgehead atoms. The molecule has 4 heteroatoms. The Morgan fingerprint density at radius 1 is 1.29 bits per heavy atom. The maximum Gasteiger partial charge on any atom is 0.174 e. The van der Waals surface area contributed by atoms with Crippen LogP contribution >= 0.6 is 0 Å². The van der Waals surface area contributed by atoms with Gasteiger partial charge >= 0.3 is 0 Å². The minimum Gasteiger partial charge on any atom is -0.416 e. The fourth-order valence-electron chi connectivity index (χ4n) is 1.91. The van der Waals surface area contributed by atoms with Crippen molar-refractivity contribution in [2.24, 2.45) is 0 Å². The van der Waals surface area contributed by atoms with E-state index in [0.717, 1.165) is 13.1 Å². The van der Waals surface area contributed by atoms with Crippen LogP contribution in [0.1, 0.15) is 13.3 Å². The Labute approximate surface area is 90.4 Å². The van der Waals surface area contributed by atoms with Crippen molar-refractivity contribution in [3.63, 3.8) is 0 Å². The molecule has 0 aromatic carbocycles. The lowest BCUT2D eigenvalue weighted by atomic mass is 10.3. The molecular weight excluding hydrogens is 206 g/mol. The van der Waals surface area contributed by atoms with E-state index in [9.17, 15) is 0 Å². The van der Waals surface area contributed by atoms with E-state index in [4.69, 9.17) is 4.43 Å². The highest BCUT2D eigenvalue weighted by Gasteiger charge is 2.47. The third kappa shape index (κ3) is 2.69. The van der Waals surface area contributed by atoms with Crippen LogP contribution in [-0.2, 0) is 4.43 Å². The van der Waals surface area contributed by atoms with Gasteiger partial charge < -0.3 is 9.74 Å². The van der Waals surface area contributed by atoms with E-state index >= 15 is 0 Å². The monoisotopic (exact) mass is 231 g/mol. The summed E-state index contributed by atoms with van der Waals surface area (Å²) in [6.07, 6.45) is 1.78. The van der Waals surface area contributed by atoms with E-state index < -0.39 is 15.4 Å². The third-order valence-corrected chi connectivity index (χ3v) is 20.4. The van der Waals surface area contributed by atoms with Gasteiger partial charge in [-0.2, -0.15) is 0 Å². The molecule has 1 N–H and O–H groups in total. The number of hydrogen-bond acceptors (Lipinski definition) is 2.